The Hall–Kier alpha value is -1.53. The van der Waals surface area contributed by atoms with Crippen molar-refractivity contribution in [2.75, 3.05) is 0 Å². The van der Waals surface area contributed by atoms with Gasteiger partial charge < -0.3 is 9.84 Å². The summed E-state index contributed by atoms with van der Waals surface area (Å²) < 4.78 is 41.2. The summed E-state index contributed by atoms with van der Waals surface area (Å²) in [7, 11) is 0. The molecule has 0 saturated heterocycles. The minimum absolute atomic E-state index is 0.322. The van der Waals surface area contributed by atoms with E-state index in [1.807, 2.05) is 13.0 Å². The van der Waals surface area contributed by atoms with E-state index < -0.39 is 12.5 Å². The number of hydrogen-bond donors (Lipinski definition) is 1. The minimum Gasteiger partial charge on any atom is -0.406 e. The van der Waals surface area contributed by atoms with Crippen molar-refractivity contribution in [3.63, 3.8) is 0 Å². The number of alkyl halides is 3. The van der Waals surface area contributed by atoms with Crippen molar-refractivity contribution >= 4 is 15.9 Å². The van der Waals surface area contributed by atoms with Crippen LogP contribution in [0.5, 0.6) is 5.75 Å². The second-order valence-corrected chi connectivity index (χ2v) is 5.40. The zero-order chi connectivity index (χ0) is 15.6. The number of hydrogen-bond acceptors (Lipinski definition) is 2. The lowest BCUT2D eigenvalue weighted by Gasteiger charge is -2.16. The molecule has 2 rings (SSSR count). The van der Waals surface area contributed by atoms with E-state index in [1.165, 1.54) is 18.2 Å². The maximum atomic E-state index is 12.2. The van der Waals surface area contributed by atoms with Crippen molar-refractivity contribution in [1.29, 1.82) is 0 Å². The van der Waals surface area contributed by atoms with E-state index in [4.69, 9.17) is 0 Å². The third-order valence-electron chi connectivity index (χ3n) is 2.85. The summed E-state index contributed by atoms with van der Waals surface area (Å²) in [6.45, 7) is 1.87. The quantitative estimate of drug-likeness (QED) is 0.856. The molecule has 0 aliphatic rings. The Bertz CT molecular complexity index is 641. The Labute approximate surface area is 128 Å². The molecule has 1 unspecified atom stereocenters. The van der Waals surface area contributed by atoms with Gasteiger partial charge in [-0.1, -0.05) is 45.8 Å². The van der Waals surface area contributed by atoms with Gasteiger partial charge in [0.05, 0.1) is 0 Å². The van der Waals surface area contributed by atoms with Crippen molar-refractivity contribution in [1.82, 2.24) is 0 Å². The van der Waals surface area contributed by atoms with Crippen LogP contribution in [0.15, 0.2) is 46.9 Å². The highest BCUT2D eigenvalue weighted by Gasteiger charge is 2.31. The number of aliphatic hydroxyl groups is 1. The molecule has 21 heavy (non-hydrogen) atoms. The number of ether oxygens (including phenoxy) is 1. The van der Waals surface area contributed by atoms with Crippen LogP contribution >= 0.6 is 15.9 Å². The lowest BCUT2D eigenvalue weighted by molar-refractivity contribution is -0.274. The summed E-state index contributed by atoms with van der Waals surface area (Å²) in [4.78, 5) is 0. The van der Waals surface area contributed by atoms with Crippen LogP contribution in [0.3, 0.4) is 0 Å². The summed E-state index contributed by atoms with van der Waals surface area (Å²) in [5.41, 5.74) is 1.84. The summed E-state index contributed by atoms with van der Waals surface area (Å²) in [5, 5.41) is 10.4. The van der Waals surface area contributed by atoms with Gasteiger partial charge in [0.1, 0.15) is 11.9 Å². The summed E-state index contributed by atoms with van der Waals surface area (Å²) in [6, 6.07) is 10.7. The normalized spacial score (nSPS) is 13.0. The average Bonchev–Trinajstić information content (AvgIpc) is 2.39. The molecule has 0 aromatic heterocycles. The van der Waals surface area contributed by atoms with Gasteiger partial charge in [0.25, 0.3) is 0 Å². The number of aryl methyl sites for hydroxylation is 1. The fourth-order valence-corrected chi connectivity index (χ4v) is 2.40. The van der Waals surface area contributed by atoms with Gasteiger partial charge in [-0.25, -0.2) is 0 Å². The zero-order valence-corrected chi connectivity index (χ0v) is 12.6. The molecule has 2 nitrogen and oxygen atoms in total. The first-order valence-electron chi connectivity index (χ1n) is 6.06. The monoisotopic (exact) mass is 360 g/mol. The minimum atomic E-state index is -4.76. The van der Waals surface area contributed by atoms with Crippen molar-refractivity contribution < 1.29 is 23.0 Å². The smallest absolute Gasteiger partial charge is 0.406 e. The Morgan fingerprint density at radius 3 is 2.52 bits per heavy atom. The lowest BCUT2D eigenvalue weighted by Crippen LogP contribution is -2.17. The maximum absolute atomic E-state index is 12.2. The van der Waals surface area contributed by atoms with E-state index in [9.17, 15) is 18.3 Å². The highest BCUT2D eigenvalue weighted by Crippen LogP contribution is 2.32. The number of halogens is 4. The first-order valence-corrected chi connectivity index (χ1v) is 6.85. The van der Waals surface area contributed by atoms with Crippen LogP contribution in [0.4, 0.5) is 13.2 Å². The second-order valence-electron chi connectivity index (χ2n) is 4.55. The maximum Gasteiger partial charge on any atom is 0.573 e. The average molecular weight is 361 g/mol. The van der Waals surface area contributed by atoms with Gasteiger partial charge in [-0.3, -0.25) is 0 Å². The molecule has 0 aliphatic heterocycles. The van der Waals surface area contributed by atoms with Gasteiger partial charge >= 0.3 is 6.36 Å². The van der Waals surface area contributed by atoms with Gasteiger partial charge in [-0.2, -0.15) is 0 Å². The van der Waals surface area contributed by atoms with E-state index in [-0.39, 0.29) is 5.75 Å². The fraction of sp³-hybridized carbons (Fsp3) is 0.200. The molecule has 0 saturated carbocycles. The van der Waals surface area contributed by atoms with E-state index in [0.717, 1.165) is 5.56 Å². The van der Waals surface area contributed by atoms with Gasteiger partial charge in [0, 0.05) is 4.47 Å². The van der Waals surface area contributed by atoms with Crippen molar-refractivity contribution in [2.45, 2.75) is 19.4 Å². The standard InChI is InChI=1S/C15H12BrF3O2/c1-9-5-6-13(16)12(7-9)14(20)10-3-2-4-11(8-10)21-15(17,18)19/h2-8,14,20H,1H3. The summed E-state index contributed by atoms with van der Waals surface area (Å²) in [5.74, 6) is -0.358. The molecule has 0 spiro atoms. The third kappa shape index (κ3) is 4.22. The van der Waals surface area contributed by atoms with Crippen LogP contribution in [0.2, 0.25) is 0 Å². The Kier molecular flexibility index (Phi) is 4.58. The predicted molar refractivity (Wildman–Crippen MR) is 76.1 cm³/mol. The Morgan fingerprint density at radius 1 is 1.14 bits per heavy atom. The molecule has 0 radical (unpaired) electrons. The van der Waals surface area contributed by atoms with Crippen LogP contribution in [0.1, 0.15) is 22.8 Å². The molecule has 0 heterocycles. The van der Waals surface area contributed by atoms with Crippen molar-refractivity contribution in [2.24, 2.45) is 0 Å². The summed E-state index contributed by atoms with van der Waals surface area (Å²) >= 11 is 3.32. The highest BCUT2D eigenvalue weighted by atomic mass is 79.9. The predicted octanol–water partition coefficient (Wildman–Crippen LogP) is 4.74. The SMILES string of the molecule is Cc1ccc(Br)c(C(O)c2cccc(OC(F)(F)F)c2)c1. The second kappa shape index (κ2) is 6.07. The fourth-order valence-electron chi connectivity index (χ4n) is 1.93. The molecule has 0 bridgehead atoms. The molecule has 0 amide bonds. The first-order chi connectivity index (χ1) is 9.76. The van der Waals surface area contributed by atoms with Crippen LogP contribution in [0, 0.1) is 6.92 Å². The van der Waals surface area contributed by atoms with Crippen LogP contribution < -0.4 is 4.74 Å². The first kappa shape index (κ1) is 15.9. The highest BCUT2D eigenvalue weighted by molar-refractivity contribution is 9.10. The van der Waals surface area contributed by atoms with Gasteiger partial charge in [0.15, 0.2) is 0 Å². The third-order valence-corrected chi connectivity index (χ3v) is 3.58. The van der Waals surface area contributed by atoms with Crippen LogP contribution in [0.25, 0.3) is 0 Å². The molecule has 2 aromatic carbocycles. The molecule has 0 fully saturated rings. The molecule has 2 aromatic rings. The molecule has 1 N–H and O–H groups in total. The number of aliphatic hydroxyl groups excluding tert-OH is 1. The van der Waals surface area contributed by atoms with Crippen molar-refractivity contribution in [3.05, 3.63) is 63.6 Å². The van der Waals surface area contributed by atoms with Gasteiger partial charge in [-0.05, 0) is 36.2 Å². The van der Waals surface area contributed by atoms with E-state index in [1.54, 1.807) is 18.2 Å². The molecule has 6 heteroatoms. The molecule has 112 valence electrons. The zero-order valence-electron chi connectivity index (χ0n) is 11.0. The van der Waals surface area contributed by atoms with E-state index in [0.29, 0.717) is 15.6 Å². The summed E-state index contributed by atoms with van der Waals surface area (Å²) in [6.07, 6.45) is -5.80. The number of benzene rings is 2. The van der Waals surface area contributed by atoms with Crippen LogP contribution in [-0.4, -0.2) is 11.5 Å². The molecular weight excluding hydrogens is 349 g/mol. The van der Waals surface area contributed by atoms with Crippen molar-refractivity contribution in [3.8, 4) is 5.75 Å². The largest absolute Gasteiger partial charge is 0.573 e. The van der Waals surface area contributed by atoms with E-state index >= 15 is 0 Å². The number of rotatable bonds is 3. The van der Waals surface area contributed by atoms with Gasteiger partial charge in [-0.15, -0.1) is 13.2 Å². The topological polar surface area (TPSA) is 29.5 Å². The Balaban J connectivity index is 2.33. The lowest BCUT2D eigenvalue weighted by atomic mass is 10.00. The molecular formula is C15H12BrF3O2. The molecule has 1 atom stereocenters. The molecule has 0 aliphatic carbocycles. The van der Waals surface area contributed by atoms with E-state index in [2.05, 4.69) is 20.7 Å². The Morgan fingerprint density at radius 2 is 1.86 bits per heavy atom. The van der Waals surface area contributed by atoms with Gasteiger partial charge in [0.2, 0.25) is 0 Å². The van der Waals surface area contributed by atoms with Crippen LogP contribution in [-0.2, 0) is 0 Å².